The normalized spacial score (nSPS) is 10.8. The molecule has 0 spiro atoms. The number of furan rings is 1. The van der Waals surface area contributed by atoms with E-state index < -0.39 is 0 Å². The Labute approximate surface area is 146 Å². The lowest BCUT2D eigenvalue weighted by Crippen LogP contribution is -2.12. The first-order valence-electron chi connectivity index (χ1n) is 8.25. The molecule has 0 atom stereocenters. The van der Waals surface area contributed by atoms with Crippen molar-refractivity contribution in [3.05, 3.63) is 59.4 Å². The lowest BCUT2D eigenvalue weighted by atomic mass is 10.1. The summed E-state index contributed by atoms with van der Waals surface area (Å²) in [6.07, 6.45) is 2.91. The molecule has 5 nitrogen and oxygen atoms in total. The molecule has 0 aliphatic carbocycles. The monoisotopic (exact) mass is 339 g/mol. The molecule has 5 heteroatoms. The van der Waals surface area contributed by atoms with E-state index in [1.165, 1.54) is 6.26 Å². The van der Waals surface area contributed by atoms with Gasteiger partial charge in [0.05, 0.1) is 18.4 Å². The molecule has 0 unspecified atom stereocenters. The van der Waals surface area contributed by atoms with Crippen LogP contribution in [0.15, 0.2) is 47.1 Å². The molecule has 0 fully saturated rings. The van der Waals surface area contributed by atoms with Crippen molar-refractivity contribution in [3.63, 3.8) is 0 Å². The largest absolute Gasteiger partial charge is 0.495 e. The average molecular weight is 339 g/mol. The smallest absolute Gasteiger partial charge is 0.259 e. The van der Waals surface area contributed by atoms with Gasteiger partial charge in [0.1, 0.15) is 17.6 Å². The predicted octanol–water partition coefficient (Wildman–Crippen LogP) is 3.79. The summed E-state index contributed by atoms with van der Waals surface area (Å²) in [5.41, 5.74) is 3.85. The molecule has 0 saturated carbocycles. The van der Waals surface area contributed by atoms with Gasteiger partial charge < -0.3 is 19.6 Å². The van der Waals surface area contributed by atoms with Gasteiger partial charge in [-0.1, -0.05) is 19.1 Å². The average Bonchev–Trinajstić information content (AvgIpc) is 3.06. The second kappa shape index (κ2) is 7.40. The first-order valence-corrected chi connectivity index (χ1v) is 8.25. The van der Waals surface area contributed by atoms with Gasteiger partial charge in [-0.25, -0.2) is 0 Å². The van der Waals surface area contributed by atoms with Gasteiger partial charge in [-0.05, 0) is 48.2 Å². The molecule has 3 aromatic rings. The van der Waals surface area contributed by atoms with Crippen LogP contribution in [0.4, 0.5) is 5.69 Å². The third-order valence-corrected chi connectivity index (χ3v) is 4.21. The Morgan fingerprint density at radius 2 is 2.00 bits per heavy atom. The highest BCUT2D eigenvalue weighted by molar-refractivity contribution is 6.12. The Morgan fingerprint density at radius 3 is 2.72 bits per heavy atom. The van der Waals surface area contributed by atoms with Gasteiger partial charge in [0.15, 0.2) is 0 Å². The Kier molecular flexibility index (Phi) is 5.05. The zero-order valence-electron chi connectivity index (χ0n) is 14.3. The molecule has 2 N–H and O–H groups in total. The molecule has 2 aromatic carbocycles. The fourth-order valence-electron chi connectivity index (χ4n) is 2.79. The fourth-order valence-corrected chi connectivity index (χ4v) is 2.79. The van der Waals surface area contributed by atoms with Crippen molar-refractivity contribution in [2.75, 3.05) is 19.0 Å². The summed E-state index contributed by atoms with van der Waals surface area (Å²) in [4.78, 5) is 12.7. The number of methoxy groups -OCH3 is 1. The van der Waals surface area contributed by atoms with Crippen LogP contribution >= 0.6 is 0 Å². The van der Waals surface area contributed by atoms with E-state index >= 15 is 0 Å². The number of carbonyl (C=O) groups excluding carboxylic acids is 1. The van der Waals surface area contributed by atoms with E-state index in [9.17, 15) is 4.79 Å². The Balaban J connectivity index is 1.90. The van der Waals surface area contributed by atoms with Crippen LogP contribution in [0.25, 0.3) is 11.0 Å². The number of fused-ring (bicyclic) bond motifs is 1. The summed E-state index contributed by atoms with van der Waals surface area (Å²) in [5.74, 6) is 0.307. The first-order chi connectivity index (χ1) is 12.2. The Hall–Kier alpha value is -2.79. The quantitative estimate of drug-likeness (QED) is 0.717. The lowest BCUT2D eigenvalue weighted by Gasteiger charge is -2.11. The highest BCUT2D eigenvalue weighted by Crippen LogP contribution is 2.28. The molecular formula is C20H21NO4. The van der Waals surface area contributed by atoms with Gasteiger partial charge in [-0.15, -0.1) is 0 Å². The van der Waals surface area contributed by atoms with Gasteiger partial charge in [-0.3, -0.25) is 4.79 Å². The van der Waals surface area contributed by atoms with Crippen LogP contribution in [-0.4, -0.2) is 24.7 Å². The number of carbonyl (C=O) groups is 1. The van der Waals surface area contributed by atoms with Crippen LogP contribution in [-0.2, 0) is 12.8 Å². The highest BCUT2D eigenvalue weighted by Gasteiger charge is 2.16. The van der Waals surface area contributed by atoms with Gasteiger partial charge in [0.2, 0.25) is 0 Å². The molecule has 0 saturated heterocycles. The summed E-state index contributed by atoms with van der Waals surface area (Å²) in [7, 11) is 1.55. The predicted molar refractivity (Wildman–Crippen MR) is 97.3 cm³/mol. The van der Waals surface area contributed by atoms with Crippen LogP contribution in [0.2, 0.25) is 0 Å². The number of aliphatic hydroxyl groups is 1. The van der Waals surface area contributed by atoms with Crippen molar-refractivity contribution in [2.24, 2.45) is 0 Å². The maximum absolute atomic E-state index is 12.7. The van der Waals surface area contributed by atoms with Crippen LogP contribution in [0, 0.1) is 0 Å². The van der Waals surface area contributed by atoms with Crippen molar-refractivity contribution in [3.8, 4) is 5.75 Å². The van der Waals surface area contributed by atoms with Crippen molar-refractivity contribution < 1.29 is 19.1 Å². The number of benzene rings is 2. The minimum atomic E-state index is -0.250. The number of anilines is 1. The minimum Gasteiger partial charge on any atom is -0.495 e. The summed E-state index contributed by atoms with van der Waals surface area (Å²) in [6.45, 7) is 2.13. The van der Waals surface area contributed by atoms with Crippen molar-refractivity contribution in [1.82, 2.24) is 0 Å². The van der Waals surface area contributed by atoms with Crippen LogP contribution < -0.4 is 10.1 Å². The van der Waals surface area contributed by atoms with Gasteiger partial charge in [0, 0.05) is 12.0 Å². The summed E-state index contributed by atoms with van der Waals surface area (Å²) in [5, 5.41) is 12.7. The van der Waals surface area contributed by atoms with Gasteiger partial charge in [0.25, 0.3) is 5.91 Å². The second-order valence-corrected chi connectivity index (χ2v) is 5.80. The van der Waals surface area contributed by atoms with E-state index in [1.807, 2.05) is 30.3 Å². The third kappa shape index (κ3) is 3.51. The number of hydrogen-bond donors (Lipinski definition) is 2. The summed E-state index contributed by atoms with van der Waals surface area (Å²) in [6, 6.07) is 11.3. The number of aliphatic hydroxyl groups excluding tert-OH is 1. The van der Waals surface area contributed by atoms with E-state index in [2.05, 4.69) is 12.2 Å². The molecule has 1 aromatic heterocycles. The summed E-state index contributed by atoms with van der Waals surface area (Å²) >= 11 is 0. The van der Waals surface area contributed by atoms with E-state index in [1.54, 1.807) is 13.2 Å². The Morgan fingerprint density at radius 1 is 1.20 bits per heavy atom. The van der Waals surface area contributed by atoms with Crippen LogP contribution in [0.3, 0.4) is 0 Å². The Bertz CT molecular complexity index is 898. The SMILES string of the molecule is CCc1ccc2occ(C(=O)Nc3ccc(CCO)cc3OC)c2c1. The molecule has 25 heavy (non-hydrogen) atoms. The molecule has 0 bridgehead atoms. The third-order valence-electron chi connectivity index (χ3n) is 4.21. The number of rotatable bonds is 6. The van der Waals surface area contributed by atoms with E-state index in [4.69, 9.17) is 14.3 Å². The topological polar surface area (TPSA) is 71.7 Å². The molecule has 3 rings (SSSR count). The molecule has 0 radical (unpaired) electrons. The molecule has 1 heterocycles. The first kappa shape index (κ1) is 17.0. The van der Waals surface area contributed by atoms with Gasteiger partial charge >= 0.3 is 0 Å². The van der Waals surface area contributed by atoms with Crippen molar-refractivity contribution in [2.45, 2.75) is 19.8 Å². The van der Waals surface area contributed by atoms with E-state index in [0.29, 0.717) is 29.0 Å². The standard InChI is InChI=1S/C20H21NO4/c1-3-13-5-7-18-15(10-13)16(12-25-18)20(23)21-17-6-4-14(8-9-22)11-19(17)24-2/h4-7,10-12,22H,3,8-9H2,1-2H3,(H,21,23). The number of hydrogen-bond acceptors (Lipinski definition) is 4. The lowest BCUT2D eigenvalue weighted by molar-refractivity contribution is 0.102. The fraction of sp³-hybridized carbons (Fsp3) is 0.250. The van der Waals surface area contributed by atoms with E-state index in [-0.39, 0.29) is 12.5 Å². The molecular weight excluding hydrogens is 318 g/mol. The number of amides is 1. The number of aryl methyl sites for hydroxylation is 1. The molecule has 0 aliphatic heterocycles. The molecule has 130 valence electrons. The van der Waals surface area contributed by atoms with Crippen molar-refractivity contribution >= 4 is 22.6 Å². The maximum atomic E-state index is 12.7. The zero-order valence-corrected chi connectivity index (χ0v) is 14.3. The van der Waals surface area contributed by atoms with Gasteiger partial charge in [-0.2, -0.15) is 0 Å². The summed E-state index contributed by atoms with van der Waals surface area (Å²) < 4.78 is 10.8. The number of ether oxygens (including phenoxy) is 1. The van der Waals surface area contributed by atoms with Crippen molar-refractivity contribution in [1.29, 1.82) is 0 Å². The van der Waals surface area contributed by atoms with Crippen LogP contribution in [0.5, 0.6) is 5.75 Å². The van der Waals surface area contributed by atoms with Crippen LogP contribution in [0.1, 0.15) is 28.4 Å². The number of nitrogens with one attached hydrogen (secondary N) is 1. The molecule has 0 aliphatic rings. The van der Waals surface area contributed by atoms with E-state index in [0.717, 1.165) is 22.9 Å². The minimum absolute atomic E-state index is 0.0651. The highest BCUT2D eigenvalue weighted by atomic mass is 16.5. The molecule has 1 amide bonds. The maximum Gasteiger partial charge on any atom is 0.259 e. The zero-order chi connectivity index (χ0) is 17.8. The second-order valence-electron chi connectivity index (χ2n) is 5.80.